The maximum atomic E-state index is 13.2. The van der Waals surface area contributed by atoms with E-state index in [1.807, 2.05) is 0 Å². The molecule has 0 aromatic heterocycles. The Balaban J connectivity index is 2.30. The second-order valence-corrected chi connectivity index (χ2v) is 9.25. The van der Waals surface area contributed by atoms with Gasteiger partial charge in [-0.3, -0.25) is 9.59 Å². The van der Waals surface area contributed by atoms with Crippen molar-refractivity contribution >= 4 is 17.8 Å². The number of methoxy groups -OCH3 is 3. The fraction of sp³-hybridized carbons (Fsp3) is 0.870. The van der Waals surface area contributed by atoms with Crippen LogP contribution in [0.15, 0.2) is 0 Å². The summed E-state index contributed by atoms with van der Waals surface area (Å²) in [5.74, 6) is -2.10. The number of nitrogens with one attached hydrogen (secondary N) is 2. The van der Waals surface area contributed by atoms with E-state index in [9.17, 15) is 34.8 Å². The summed E-state index contributed by atoms with van der Waals surface area (Å²) < 4.78 is 32.2. The summed E-state index contributed by atoms with van der Waals surface area (Å²) in [4.78, 5) is 37.3. The highest BCUT2D eigenvalue weighted by Crippen LogP contribution is 2.30. The van der Waals surface area contributed by atoms with Crippen molar-refractivity contribution in [3.8, 4) is 0 Å². The molecule has 2 amide bonds. The first-order chi connectivity index (χ1) is 18.5. The molecule has 0 spiro atoms. The summed E-state index contributed by atoms with van der Waals surface area (Å²) in [5, 5.41) is 47.0. The van der Waals surface area contributed by atoms with Gasteiger partial charge in [0.2, 0.25) is 5.91 Å². The molecule has 226 valence electrons. The van der Waals surface area contributed by atoms with Gasteiger partial charge in [-0.1, -0.05) is 0 Å². The van der Waals surface area contributed by atoms with Crippen LogP contribution in [0.4, 0.5) is 0 Å². The molecule has 0 radical (unpaired) electrons. The number of hydrogen-bond acceptors (Lipinski definition) is 14. The largest absolute Gasteiger partial charge is 0.467 e. The SMILES string of the molecule is COC(=O)C(CCCCN)NC(=O)C1O[C@@H](O[C@@H]2C(NC(C)=O)[C@H](OC)OC(CO)[C@H]2O)C(O)[C@@H](O)[C@@H]1OC. The predicted molar refractivity (Wildman–Crippen MR) is 130 cm³/mol. The van der Waals surface area contributed by atoms with Gasteiger partial charge in [0.05, 0.1) is 13.7 Å². The minimum Gasteiger partial charge on any atom is -0.467 e. The van der Waals surface area contributed by atoms with Crippen LogP contribution in [-0.2, 0) is 42.8 Å². The zero-order valence-electron chi connectivity index (χ0n) is 22.4. The number of amides is 2. The van der Waals surface area contributed by atoms with Crippen molar-refractivity contribution in [2.24, 2.45) is 5.73 Å². The topological polar surface area (TPSA) is 238 Å². The molecule has 2 saturated heterocycles. The summed E-state index contributed by atoms with van der Waals surface area (Å²) in [6.45, 7) is 0.958. The lowest BCUT2D eigenvalue weighted by Gasteiger charge is -2.47. The van der Waals surface area contributed by atoms with Crippen LogP contribution in [0, 0.1) is 0 Å². The molecule has 0 bridgehead atoms. The van der Waals surface area contributed by atoms with E-state index in [1.54, 1.807) is 0 Å². The number of carbonyl (C=O) groups excluding carboxylic acids is 3. The van der Waals surface area contributed by atoms with E-state index in [1.165, 1.54) is 28.3 Å². The first-order valence-corrected chi connectivity index (χ1v) is 12.6. The molecule has 0 saturated carbocycles. The summed E-state index contributed by atoms with van der Waals surface area (Å²) in [5.41, 5.74) is 5.50. The maximum Gasteiger partial charge on any atom is 0.328 e. The van der Waals surface area contributed by atoms with Gasteiger partial charge < -0.3 is 65.2 Å². The quantitative estimate of drug-likeness (QED) is 0.0826. The number of rotatable bonds is 13. The summed E-state index contributed by atoms with van der Waals surface area (Å²) in [6.07, 6.45) is -12.1. The molecule has 0 aliphatic carbocycles. The van der Waals surface area contributed by atoms with Gasteiger partial charge in [-0.15, -0.1) is 0 Å². The first-order valence-electron chi connectivity index (χ1n) is 12.6. The van der Waals surface area contributed by atoms with Crippen LogP contribution in [0.5, 0.6) is 0 Å². The van der Waals surface area contributed by atoms with Crippen molar-refractivity contribution in [3.63, 3.8) is 0 Å². The second kappa shape index (κ2) is 15.7. The van der Waals surface area contributed by atoms with Gasteiger partial charge in [0.25, 0.3) is 5.91 Å². The van der Waals surface area contributed by atoms with E-state index in [0.29, 0.717) is 19.4 Å². The van der Waals surface area contributed by atoms with Gasteiger partial charge in [0, 0.05) is 21.1 Å². The van der Waals surface area contributed by atoms with E-state index < -0.39 is 91.8 Å². The molecule has 16 heteroatoms. The molecule has 2 heterocycles. The number of hydrogen-bond donors (Lipinski definition) is 7. The highest BCUT2D eigenvalue weighted by atomic mass is 16.7. The van der Waals surface area contributed by atoms with Crippen molar-refractivity contribution in [2.45, 2.75) is 93.6 Å². The Labute approximate surface area is 226 Å². The number of aliphatic hydroxyl groups is 4. The van der Waals surface area contributed by atoms with E-state index >= 15 is 0 Å². The van der Waals surface area contributed by atoms with Crippen LogP contribution in [-0.4, -0.2) is 140 Å². The fourth-order valence-corrected chi connectivity index (χ4v) is 4.54. The lowest BCUT2D eigenvalue weighted by atomic mass is 9.95. The lowest BCUT2D eigenvalue weighted by molar-refractivity contribution is -0.338. The molecule has 16 nitrogen and oxygen atoms in total. The minimum atomic E-state index is -1.78. The summed E-state index contributed by atoms with van der Waals surface area (Å²) in [6, 6.07) is -2.19. The third kappa shape index (κ3) is 8.26. The van der Waals surface area contributed by atoms with Gasteiger partial charge in [0.1, 0.15) is 48.7 Å². The molecule has 2 rings (SSSR count). The third-order valence-electron chi connectivity index (χ3n) is 6.57. The molecular formula is C23H41N3O13. The standard InChI is InChI=1S/C23H41N3O13/c1-10(28)25-13-17(14(29)12(9-27)37-22(13)36-4)38-23-16(31)15(30)18(34-2)19(39-23)20(32)26-11(21(33)35-3)7-5-6-8-24/h11-19,22-23,27,29-31H,5-9,24H2,1-4H3,(H,25,28)(H,26,32)/t11?,12?,13?,14-,15-,16?,17-,18+,19?,22-,23-/m1/s1. The van der Waals surface area contributed by atoms with Crippen molar-refractivity contribution in [3.05, 3.63) is 0 Å². The molecule has 0 aromatic rings. The molecule has 2 fully saturated rings. The zero-order valence-corrected chi connectivity index (χ0v) is 22.4. The smallest absolute Gasteiger partial charge is 0.328 e. The molecule has 2 aliphatic heterocycles. The molecule has 0 aromatic carbocycles. The van der Waals surface area contributed by atoms with Crippen LogP contribution in [0.1, 0.15) is 26.2 Å². The van der Waals surface area contributed by atoms with E-state index in [-0.39, 0.29) is 6.42 Å². The van der Waals surface area contributed by atoms with Crippen LogP contribution < -0.4 is 16.4 Å². The predicted octanol–water partition coefficient (Wildman–Crippen LogP) is -4.15. The van der Waals surface area contributed by atoms with Gasteiger partial charge >= 0.3 is 5.97 Å². The van der Waals surface area contributed by atoms with E-state index in [2.05, 4.69) is 10.6 Å². The fourth-order valence-electron chi connectivity index (χ4n) is 4.54. The van der Waals surface area contributed by atoms with Crippen LogP contribution in [0.25, 0.3) is 0 Å². The number of carbonyl (C=O) groups is 3. The van der Waals surface area contributed by atoms with Crippen molar-refractivity contribution < 1.29 is 63.2 Å². The molecule has 2 aliphatic rings. The Morgan fingerprint density at radius 3 is 2.18 bits per heavy atom. The Bertz CT molecular complexity index is 805. The number of unbranched alkanes of at least 4 members (excludes halogenated alkanes) is 1. The highest BCUT2D eigenvalue weighted by Gasteiger charge is 2.53. The summed E-state index contributed by atoms with van der Waals surface area (Å²) >= 11 is 0. The number of aliphatic hydroxyl groups excluding tert-OH is 4. The molecule has 8 N–H and O–H groups in total. The molecule has 5 unspecified atom stereocenters. The van der Waals surface area contributed by atoms with Gasteiger partial charge in [-0.2, -0.15) is 0 Å². The van der Waals surface area contributed by atoms with Crippen molar-refractivity contribution in [1.29, 1.82) is 0 Å². The zero-order chi connectivity index (χ0) is 29.3. The maximum absolute atomic E-state index is 13.2. The number of ether oxygens (including phenoxy) is 6. The monoisotopic (exact) mass is 567 g/mol. The second-order valence-electron chi connectivity index (χ2n) is 9.25. The van der Waals surface area contributed by atoms with Gasteiger partial charge in [-0.25, -0.2) is 4.79 Å². The van der Waals surface area contributed by atoms with Gasteiger partial charge in [-0.05, 0) is 25.8 Å². The van der Waals surface area contributed by atoms with Gasteiger partial charge in [0.15, 0.2) is 18.7 Å². The average molecular weight is 568 g/mol. The van der Waals surface area contributed by atoms with E-state index in [4.69, 9.17) is 34.2 Å². The normalized spacial score (nSPS) is 35.6. The number of nitrogens with two attached hydrogens (primary N) is 1. The Kier molecular flexibility index (Phi) is 13.4. The van der Waals surface area contributed by atoms with Crippen LogP contribution in [0.3, 0.4) is 0 Å². The molecular weight excluding hydrogens is 526 g/mol. The lowest BCUT2D eigenvalue weighted by Crippen LogP contribution is -2.68. The Hall–Kier alpha value is -1.99. The Morgan fingerprint density at radius 1 is 0.949 bits per heavy atom. The minimum absolute atomic E-state index is 0.221. The third-order valence-corrected chi connectivity index (χ3v) is 6.57. The van der Waals surface area contributed by atoms with Crippen molar-refractivity contribution in [2.75, 3.05) is 34.5 Å². The van der Waals surface area contributed by atoms with Crippen LogP contribution in [0.2, 0.25) is 0 Å². The van der Waals surface area contributed by atoms with Crippen LogP contribution >= 0.6 is 0 Å². The highest BCUT2D eigenvalue weighted by molar-refractivity contribution is 5.87. The molecule has 39 heavy (non-hydrogen) atoms. The average Bonchev–Trinajstić information content (AvgIpc) is 2.91. The summed E-state index contributed by atoms with van der Waals surface area (Å²) in [7, 11) is 3.63. The number of esters is 1. The first kappa shape index (κ1) is 33.2. The molecule has 11 atom stereocenters. The Morgan fingerprint density at radius 2 is 1.64 bits per heavy atom. The van der Waals surface area contributed by atoms with Crippen molar-refractivity contribution in [1.82, 2.24) is 10.6 Å². The van der Waals surface area contributed by atoms with E-state index in [0.717, 1.165) is 0 Å².